The molecule has 0 N–H and O–H groups in total. The molecule has 0 spiro atoms. The van der Waals surface area contributed by atoms with Crippen LogP contribution in [0.4, 0.5) is 0 Å². The summed E-state index contributed by atoms with van der Waals surface area (Å²) in [4.78, 5) is 24.7. The van der Waals surface area contributed by atoms with Crippen LogP contribution >= 0.6 is 0 Å². The highest BCUT2D eigenvalue weighted by molar-refractivity contribution is 6.02. The number of aldehydes is 1. The van der Waals surface area contributed by atoms with E-state index in [1.807, 2.05) is 0 Å². The summed E-state index contributed by atoms with van der Waals surface area (Å²) in [7, 11) is 0. The monoisotopic (exact) mass is 149 g/mol. The van der Waals surface area contributed by atoms with Crippen molar-refractivity contribution >= 4 is 12.1 Å². The Morgan fingerprint density at radius 3 is 2.64 bits per heavy atom. The number of carbonyl (C=O) groups excluding carboxylic acids is 2. The number of hydrogen-bond donors (Lipinski definition) is 0. The number of Topliss-reactive ketones (excluding diaryl/α,β-unsaturated/α-hetero) is 1. The van der Waals surface area contributed by atoms with Gasteiger partial charge in [0.1, 0.15) is 6.29 Å². The standard InChI is InChI=1S/C8H7NO2/c10-6-3-8(11)7-1-4-9-5-2-7/h1-2,4-6H,3H2. The maximum absolute atomic E-state index is 11.0. The third-order valence-electron chi connectivity index (χ3n) is 1.27. The summed E-state index contributed by atoms with van der Waals surface area (Å²) in [5.74, 6) is -0.164. The molecule has 0 aromatic carbocycles. The highest BCUT2D eigenvalue weighted by Crippen LogP contribution is 1.98. The van der Waals surface area contributed by atoms with E-state index in [2.05, 4.69) is 4.98 Å². The van der Waals surface area contributed by atoms with Crippen molar-refractivity contribution in [1.29, 1.82) is 0 Å². The molecule has 0 saturated carbocycles. The molecule has 0 atom stereocenters. The second-order valence-corrected chi connectivity index (χ2v) is 2.03. The van der Waals surface area contributed by atoms with Crippen molar-refractivity contribution < 1.29 is 9.59 Å². The molecule has 0 aliphatic heterocycles. The Labute approximate surface area is 64.1 Å². The maximum Gasteiger partial charge on any atom is 0.170 e. The zero-order valence-corrected chi connectivity index (χ0v) is 5.86. The highest BCUT2D eigenvalue weighted by atomic mass is 16.1. The molecule has 1 heterocycles. The number of nitrogens with zero attached hydrogens (tertiary/aromatic N) is 1. The normalized spacial score (nSPS) is 9.09. The quantitative estimate of drug-likeness (QED) is 0.363. The Morgan fingerprint density at radius 1 is 1.45 bits per heavy atom. The Kier molecular flexibility index (Phi) is 2.49. The third-order valence-corrected chi connectivity index (χ3v) is 1.27. The average molecular weight is 149 g/mol. The van der Waals surface area contributed by atoms with E-state index in [9.17, 15) is 9.59 Å². The lowest BCUT2D eigenvalue weighted by Crippen LogP contribution is -1.98. The number of pyridine rings is 1. The first-order valence-electron chi connectivity index (χ1n) is 3.21. The second kappa shape index (κ2) is 3.61. The number of aromatic nitrogens is 1. The first-order chi connectivity index (χ1) is 5.34. The SMILES string of the molecule is O=CCC(=O)c1ccncc1. The first kappa shape index (κ1) is 7.60. The van der Waals surface area contributed by atoms with Gasteiger partial charge in [-0.3, -0.25) is 9.78 Å². The van der Waals surface area contributed by atoms with E-state index < -0.39 is 0 Å². The molecule has 0 amide bonds. The van der Waals surface area contributed by atoms with Crippen molar-refractivity contribution in [2.24, 2.45) is 0 Å². The minimum Gasteiger partial charge on any atom is -0.303 e. The van der Waals surface area contributed by atoms with Gasteiger partial charge >= 0.3 is 0 Å². The lowest BCUT2D eigenvalue weighted by molar-refractivity contribution is -0.107. The fraction of sp³-hybridized carbons (Fsp3) is 0.125. The summed E-state index contributed by atoms with van der Waals surface area (Å²) in [6.07, 6.45) is 3.60. The molecule has 3 nitrogen and oxygen atoms in total. The minimum absolute atomic E-state index is 0.0516. The van der Waals surface area contributed by atoms with Gasteiger partial charge in [-0.15, -0.1) is 0 Å². The summed E-state index contributed by atoms with van der Waals surface area (Å²) in [6, 6.07) is 3.18. The van der Waals surface area contributed by atoms with Gasteiger partial charge in [0.05, 0.1) is 6.42 Å². The fourth-order valence-electron chi connectivity index (χ4n) is 0.731. The highest BCUT2D eigenvalue weighted by Gasteiger charge is 2.02. The third kappa shape index (κ3) is 1.97. The molecule has 1 aromatic heterocycles. The van der Waals surface area contributed by atoms with E-state index in [4.69, 9.17) is 0 Å². The number of ketones is 1. The zero-order valence-electron chi connectivity index (χ0n) is 5.86. The van der Waals surface area contributed by atoms with E-state index in [0.717, 1.165) is 0 Å². The summed E-state index contributed by atoms with van der Waals surface area (Å²) in [5, 5.41) is 0. The van der Waals surface area contributed by atoms with Crippen molar-refractivity contribution in [3.05, 3.63) is 30.1 Å². The Balaban J connectivity index is 2.77. The fourth-order valence-corrected chi connectivity index (χ4v) is 0.731. The summed E-state index contributed by atoms with van der Waals surface area (Å²) < 4.78 is 0. The van der Waals surface area contributed by atoms with Crippen LogP contribution in [0, 0.1) is 0 Å². The van der Waals surface area contributed by atoms with Gasteiger partial charge in [0, 0.05) is 18.0 Å². The van der Waals surface area contributed by atoms with Gasteiger partial charge in [-0.2, -0.15) is 0 Å². The van der Waals surface area contributed by atoms with Gasteiger partial charge in [0.2, 0.25) is 0 Å². The minimum atomic E-state index is -0.164. The number of rotatable bonds is 3. The van der Waals surface area contributed by atoms with Crippen molar-refractivity contribution in [3.8, 4) is 0 Å². The molecule has 1 aromatic rings. The number of hydrogen-bond acceptors (Lipinski definition) is 3. The van der Waals surface area contributed by atoms with E-state index in [1.165, 1.54) is 12.4 Å². The van der Waals surface area contributed by atoms with Gasteiger partial charge in [-0.25, -0.2) is 0 Å². The lowest BCUT2D eigenvalue weighted by Gasteiger charge is -1.92. The number of carbonyl (C=O) groups is 2. The topological polar surface area (TPSA) is 47.0 Å². The average Bonchev–Trinajstić information content (AvgIpc) is 2.07. The van der Waals surface area contributed by atoms with E-state index >= 15 is 0 Å². The Morgan fingerprint density at radius 2 is 2.09 bits per heavy atom. The molecule has 0 saturated heterocycles. The molecule has 1 rings (SSSR count). The van der Waals surface area contributed by atoms with Crippen LogP contribution in [0.5, 0.6) is 0 Å². The zero-order chi connectivity index (χ0) is 8.10. The molecule has 0 aliphatic rings. The predicted octanol–water partition coefficient (Wildman–Crippen LogP) is 0.853. The van der Waals surface area contributed by atoms with Crippen LogP contribution in [-0.2, 0) is 4.79 Å². The Bertz CT molecular complexity index is 256. The van der Waals surface area contributed by atoms with Crippen molar-refractivity contribution in [2.45, 2.75) is 6.42 Å². The van der Waals surface area contributed by atoms with Gasteiger partial charge < -0.3 is 4.79 Å². The summed E-state index contributed by atoms with van der Waals surface area (Å²) >= 11 is 0. The molecule has 0 unspecified atom stereocenters. The lowest BCUT2D eigenvalue weighted by atomic mass is 10.1. The second-order valence-electron chi connectivity index (χ2n) is 2.03. The summed E-state index contributed by atoms with van der Waals surface area (Å²) in [5.41, 5.74) is 0.534. The molecule has 56 valence electrons. The molecule has 3 heteroatoms. The van der Waals surface area contributed by atoms with Crippen molar-refractivity contribution in [1.82, 2.24) is 4.98 Å². The van der Waals surface area contributed by atoms with Crippen molar-refractivity contribution in [3.63, 3.8) is 0 Å². The van der Waals surface area contributed by atoms with Gasteiger partial charge in [0.15, 0.2) is 5.78 Å². The van der Waals surface area contributed by atoms with Crippen molar-refractivity contribution in [2.75, 3.05) is 0 Å². The molecule has 0 radical (unpaired) electrons. The molecular weight excluding hydrogens is 142 g/mol. The van der Waals surface area contributed by atoms with Crippen LogP contribution in [0.1, 0.15) is 16.8 Å². The Hall–Kier alpha value is -1.51. The molecule has 11 heavy (non-hydrogen) atoms. The predicted molar refractivity (Wildman–Crippen MR) is 39.2 cm³/mol. The first-order valence-corrected chi connectivity index (χ1v) is 3.21. The van der Waals surface area contributed by atoms with E-state index in [1.54, 1.807) is 12.1 Å². The molecule has 0 aliphatic carbocycles. The van der Waals surface area contributed by atoms with Crippen LogP contribution < -0.4 is 0 Å². The van der Waals surface area contributed by atoms with Crippen LogP contribution in [-0.4, -0.2) is 17.1 Å². The largest absolute Gasteiger partial charge is 0.303 e. The van der Waals surface area contributed by atoms with Crippen LogP contribution in [0.15, 0.2) is 24.5 Å². The molecular formula is C8H7NO2. The van der Waals surface area contributed by atoms with Gasteiger partial charge in [0.25, 0.3) is 0 Å². The maximum atomic E-state index is 11.0. The molecule has 0 bridgehead atoms. The van der Waals surface area contributed by atoms with Crippen LogP contribution in [0.3, 0.4) is 0 Å². The summed E-state index contributed by atoms with van der Waals surface area (Å²) in [6.45, 7) is 0. The van der Waals surface area contributed by atoms with Crippen LogP contribution in [0.2, 0.25) is 0 Å². The van der Waals surface area contributed by atoms with E-state index in [0.29, 0.717) is 11.8 Å². The van der Waals surface area contributed by atoms with Gasteiger partial charge in [-0.05, 0) is 12.1 Å². The molecule has 0 fully saturated rings. The smallest absolute Gasteiger partial charge is 0.170 e. The van der Waals surface area contributed by atoms with Crippen LogP contribution in [0.25, 0.3) is 0 Å². The van der Waals surface area contributed by atoms with Gasteiger partial charge in [-0.1, -0.05) is 0 Å². The van der Waals surface area contributed by atoms with E-state index in [-0.39, 0.29) is 12.2 Å².